The Morgan fingerprint density at radius 2 is 1.05 bits per heavy atom. The van der Waals surface area contributed by atoms with Crippen LogP contribution in [-0.4, -0.2) is 10.7 Å². The first-order chi connectivity index (χ1) is 9.45. The third-order valence-electron chi connectivity index (χ3n) is 2.22. The van der Waals surface area contributed by atoms with Crippen LogP contribution in [0.15, 0.2) is 60.7 Å². The first-order valence-corrected chi connectivity index (χ1v) is 6.83. The van der Waals surface area contributed by atoms with Gasteiger partial charge in [-0.2, -0.15) is 0 Å². The fourth-order valence-corrected chi connectivity index (χ4v) is 1.44. The molecule has 0 saturated heterocycles. The molecule has 2 aromatic rings. The highest BCUT2D eigenvalue weighted by molar-refractivity contribution is 5.15. The van der Waals surface area contributed by atoms with Crippen LogP contribution >= 0.6 is 0 Å². The summed E-state index contributed by atoms with van der Waals surface area (Å²) in [6, 6.07) is 20.4. The summed E-state index contributed by atoms with van der Waals surface area (Å²) in [5.41, 5.74) is 1.93. The van der Waals surface area contributed by atoms with Crippen LogP contribution in [0.25, 0.3) is 0 Å². The average Bonchev–Trinajstić information content (AvgIpc) is 2.39. The molecule has 1 N–H and O–H groups in total. The lowest BCUT2D eigenvalue weighted by Gasteiger charge is -2.04. The molecule has 2 heteroatoms. The highest BCUT2D eigenvalue weighted by atomic mass is 16.5. The molecular formula is C18H24O2. The standard InChI is InChI=1S/C14H14O.C4H10O/c1-3-7-13(8-4-1)11-15-12-14-9-5-2-6-10-14;1-4(2,3)5/h1-10H,11-12H2;5H,1-3H3. The summed E-state index contributed by atoms with van der Waals surface area (Å²) in [6.07, 6.45) is 0. The van der Waals surface area contributed by atoms with E-state index in [1.165, 1.54) is 11.1 Å². The Bertz CT molecular complexity index is 412. The van der Waals surface area contributed by atoms with Gasteiger partial charge in [0.05, 0.1) is 18.8 Å². The summed E-state index contributed by atoms with van der Waals surface area (Å²) in [5.74, 6) is 0. The van der Waals surface area contributed by atoms with Gasteiger partial charge in [-0.05, 0) is 31.9 Å². The van der Waals surface area contributed by atoms with Gasteiger partial charge >= 0.3 is 0 Å². The van der Waals surface area contributed by atoms with E-state index in [4.69, 9.17) is 9.84 Å². The zero-order valence-electron chi connectivity index (χ0n) is 12.5. The Hall–Kier alpha value is -1.64. The number of aliphatic hydroxyl groups is 1. The second-order valence-electron chi connectivity index (χ2n) is 5.63. The van der Waals surface area contributed by atoms with E-state index in [1.807, 2.05) is 36.4 Å². The van der Waals surface area contributed by atoms with Crippen molar-refractivity contribution in [3.8, 4) is 0 Å². The Kier molecular flexibility index (Phi) is 6.99. The van der Waals surface area contributed by atoms with Gasteiger partial charge in [-0.1, -0.05) is 60.7 Å². The van der Waals surface area contributed by atoms with Crippen LogP contribution in [0.5, 0.6) is 0 Å². The van der Waals surface area contributed by atoms with Crippen molar-refractivity contribution >= 4 is 0 Å². The van der Waals surface area contributed by atoms with Crippen LogP contribution in [0, 0.1) is 0 Å². The van der Waals surface area contributed by atoms with Crippen LogP contribution in [0.4, 0.5) is 0 Å². The van der Waals surface area contributed by atoms with E-state index in [-0.39, 0.29) is 0 Å². The lowest BCUT2D eigenvalue weighted by Crippen LogP contribution is -2.10. The van der Waals surface area contributed by atoms with E-state index in [2.05, 4.69) is 24.3 Å². The number of benzene rings is 2. The van der Waals surface area contributed by atoms with Gasteiger partial charge in [0.15, 0.2) is 0 Å². The predicted molar refractivity (Wildman–Crippen MR) is 83.3 cm³/mol. The van der Waals surface area contributed by atoms with Crippen LogP contribution in [0.2, 0.25) is 0 Å². The summed E-state index contributed by atoms with van der Waals surface area (Å²) in [6.45, 7) is 6.58. The maximum absolute atomic E-state index is 8.52. The van der Waals surface area contributed by atoms with E-state index < -0.39 is 5.60 Å². The van der Waals surface area contributed by atoms with Crippen LogP contribution in [0.1, 0.15) is 31.9 Å². The molecular weight excluding hydrogens is 248 g/mol. The van der Waals surface area contributed by atoms with Crippen LogP contribution in [0.3, 0.4) is 0 Å². The second-order valence-corrected chi connectivity index (χ2v) is 5.63. The smallest absolute Gasteiger partial charge is 0.0721 e. The SMILES string of the molecule is CC(C)(C)O.c1ccc(COCc2ccccc2)cc1. The Morgan fingerprint density at radius 1 is 0.750 bits per heavy atom. The van der Waals surface area contributed by atoms with E-state index in [1.54, 1.807) is 20.8 Å². The summed E-state index contributed by atoms with van der Waals surface area (Å²) in [7, 11) is 0. The predicted octanol–water partition coefficient (Wildman–Crippen LogP) is 4.18. The molecule has 0 spiro atoms. The zero-order valence-corrected chi connectivity index (χ0v) is 12.5. The minimum atomic E-state index is -0.500. The lowest BCUT2D eigenvalue weighted by molar-refractivity contribution is 0.102. The summed E-state index contributed by atoms with van der Waals surface area (Å²) < 4.78 is 5.61. The van der Waals surface area contributed by atoms with Crippen molar-refractivity contribution in [3.05, 3.63) is 71.8 Å². The van der Waals surface area contributed by atoms with Gasteiger partial charge in [0.25, 0.3) is 0 Å². The van der Waals surface area contributed by atoms with Crippen molar-refractivity contribution in [1.82, 2.24) is 0 Å². The van der Waals surface area contributed by atoms with Gasteiger partial charge in [0.1, 0.15) is 0 Å². The molecule has 108 valence electrons. The summed E-state index contributed by atoms with van der Waals surface area (Å²) >= 11 is 0. The van der Waals surface area contributed by atoms with E-state index in [0.717, 1.165) is 0 Å². The monoisotopic (exact) mass is 272 g/mol. The van der Waals surface area contributed by atoms with E-state index in [9.17, 15) is 0 Å². The van der Waals surface area contributed by atoms with Crippen LogP contribution < -0.4 is 0 Å². The van der Waals surface area contributed by atoms with Crippen molar-refractivity contribution < 1.29 is 9.84 Å². The van der Waals surface area contributed by atoms with Gasteiger partial charge in [-0.15, -0.1) is 0 Å². The molecule has 2 nitrogen and oxygen atoms in total. The van der Waals surface area contributed by atoms with Gasteiger partial charge in [0.2, 0.25) is 0 Å². The van der Waals surface area contributed by atoms with Gasteiger partial charge < -0.3 is 9.84 Å². The molecule has 0 heterocycles. The maximum Gasteiger partial charge on any atom is 0.0721 e. The molecule has 0 fully saturated rings. The van der Waals surface area contributed by atoms with Gasteiger partial charge in [-0.3, -0.25) is 0 Å². The van der Waals surface area contributed by atoms with Crippen molar-refractivity contribution in [2.75, 3.05) is 0 Å². The summed E-state index contributed by atoms with van der Waals surface area (Å²) in [5, 5.41) is 8.52. The number of ether oxygens (including phenoxy) is 1. The molecule has 2 rings (SSSR count). The normalized spacial score (nSPS) is 10.6. The van der Waals surface area contributed by atoms with Crippen molar-refractivity contribution in [2.24, 2.45) is 0 Å². The first-order valence-electron chi connectivity index (χ1n) is 6.83. The third kappa shape index (κ3) is 9.31. The molecule has 0 aliphatic heterocycles. The molecule has 0 unspecified atom stereocenters. The Labute approximate surface area is 122 Å². The van der Waals surface area contributed by atoms with Gasteiger partial charge in [0, 0.05) is 0 Å². The Balaban J connectivity index is 0.000000347. The Morgan fingerprint density at radius 3 is 1.35 bits per heavy atom. The van der Waals surface area contributed by atoms with E-state index >= 15 is 0 Å². The van der Waals surface area contributed by atoms with Gasteiger partial charge in [-0.25, -0.2) is 0 Å². The number of hydrogen-bond donors (Lipinski definition) is 1. The second kappa shape index (κ2) is 8.51. The van der Waals surface area contributed by atoms with Crippen molar-refractivity contribution in [2.45, 2.75) is 39.6 Å². The minimum Gasteiger partial charge on any atom is -0.391 e. The fourth-order valence-electron chi connectivity index (χ4n) is 1.44. The minimum absolute atomic E-state index is 0.500. The molecule has 0 aliphatic carbocycles. The molecule has 0 aromatic heterocycles. The fraction of sp³-hybridized carbons (Fsp3) is 0.333. The first kappa shape index (κ1) is 16.4. The van der Waals surface area contributed by atoms with Crippen molar-refractivity contribution in [1.29, 1.82) is 0 Å². The molecule has 0 radical (unpaired) electrons. The molecule has 20 heavy (non-hydrogen) atoms. The molecule has 0 atom stereocenters. The molecule has 0 bridgehead atoms. The third-order valence-corrected chi connectivity index (χ3v) is 2.22. The highest BCUT2D eigenvalue weighted by Crippen LogP contribution is 2.05. The largest absolute Gasteiger partial charge is 0.391 e. The molecule has 0 saturated carbocycles. The zero-order chi connectivity index (χ0) is 14.8. The quantitative estimate of drug-likeness (QED) is 0.904. The van der Waals surface area contributed by atoms with E-state index in [0.29, 0.717) is 13.2 Å². The summed E-state index contributed by atoms with van der Waals surface area (Å²) in [4.78, 5) is 0. The maximum atomic E-state index is 8.52. The molecule has 2 aromatic carbocycles. The average molecular weight is 272 g/mol. The molecule has 0 amide bonds. The van der Waals surface area contributed by atoms with Crippen LogP contribution in [-0.2, 0) is 18.0 Å². The lowest BCUT2D eigenvalue weighted by atomic mass is 10.2. The highest BCUT2D eigenvalue weighted by Gasteiger charge is 1.98. The molecule has 0 aliphatic rings. The van der Waals surface area contributed by atoms with Crippen molar-refractivity contribution in [3.63, 3.8) is 0 Å². The topological polar surface area (TPSA) is 29.5 Å². The number of rotatable bonds is 4. The number of hydrogen-bond acceptors (Lipinski definition) is 2.